The molecular weight excluding hydrogens is 535 g/mol. The minimum atomic E-state index is -0.685. The number of oxime groups is 1. The van der Waals surface area contributed by atoms with E-state index in [1.165, 1.54) is 19.2 Å². The van der Waals surface area contributed by atoms with E-state index >= 15 is 0 Å². The van der Waals surface area contributed by atoms with E-state index in [2.05, 4.69) is 31.1 Å². The van der Waals surface area contributed by atoms with Gasteiger partial charge in [0.25, 0.3) is 5.91 Å². The third-order valence-corrected chi connectivity index (χ3v) is 7.14. The molecule has 41 heavy (non-hydrogen) atoms. The largest absolute Gasteiger partial charge is 0.494 e. The van der Waals surface area contributed by atoms with Crippen LogP contribution in [0.2, 0.25) is 0 Å². The fourth-order valence-electron chi connectivity index (χ4n) is 4.92. The Morgan fingerprint density at radius 1 is 1.15 bits per heavy atom. The van der Waals surface area contributed by atoms with Crippen molar-refractivity contribution in [3.05, 3.63) is 52.9 Å². The number of urea groups is 1. The number of aromatic nitrogens is 2. The number of aryl methyl sites for hydroxylation is 1. The summed E-state index contributed by atoms with van der Waals surface area (Å²) >= 11 is 0. The third-order valence-electron chi connectivity index (χ3n) is 7.14. The van der Waals surface area contributed by atoms with Crippen molar-refractivity contribution >= 4 is 17.6 Å². The number of methoxy groups -OCH3 is 1. The molecular formula is C28H39FN6O6. The number of ether oxygens (including phenoxy) is 1. The van der Waals surface area contributed by atoms with Crippen molar-refractivity contribution in [3.8, 4) is 5.75 Å². The van der Waals surface area contributed by atoms with Gasteiger partial charge in [-0.3, -0.25) is 4.79 Å². The fourth-order valence-corrected chi connectivity index (χ4v) is 4.92. The number of rotatable bonds is 10. The minimum Gasteiger partial charge on any atom is -0.494 e. The Kier molecular flexibility index (Phi) is 11.4. The Labute approximate surface area is 238 Å². The van der Waals surface area contributed by atoms with Gasteiger partial charge in [0.2, 0.25) is 0 Å². The van der Waals surface area contributed by atoms with Crippen molar-refractivity contribution in [2.45, 2.75) is 71.2 Å². The van der Waals surface area contributed by atoms with E-state index in [1.54, 1.807) is 19.1 Å². The molecule has 1 unspecified atom stereocenters. The molecule has 4 rings (SSSR count). The quantitative estimate of drug-likeness (QED) is 0.288. The number of carbonyl (C=O) groups excluding carboxylic acids is 2. The smallest absolute Gasteiger partial charge is 0.315 e. The van der Waals surface area contributed by atoms with Crippen LogP contribution < -0.4 is 20.7 Å². The molecule has 1 aromatic carbocycles. The van der Waals surface area contributed by atoms with E-state index in [0.717, 1.165) is 25.7 Å². The first-order valence-electron chi connectivity index (χ1n) is 13.3. The van der Waals surface area contributed by atoms with Gasteiger partial charge >= 0.3 is 6.03 Å². The molecule has 224 valence electrons. The number of nitrogens with zero attached hydrogens (tertiary/aromatic N) is 3. The summed E-state index contributed by atoms with van der Waals surface area (Å²) in [5.41, 5.74) is 2.04. The van der Waals surface area contributed by atoms with Gasteiger partial charge < -0.3 is 35.7 Å². The summed E-state index contributed by atoms with van der Waals surface area (Å²) in [7, 11) is 1.38. The lowest BCUT2D eigenvalue weighted by molar-refractivity contribution is 0.0238. The zero-order valence-electron chi connectivity index (χ0n) is 22.5. The molecule has 1 aliphatic heterocycles. The van der Waals surface area contributed by atoms with Crippen molar-refractivity contribution in [1.82, 2.24) is 25.9 Å². The number of halogens is 1. The van der Waals surface area contributed by atoms with Gasteiger partial charge in [-0.15, -0.1) is 0 Å². The maximum atomic E-state index is 13.7. The maximum absolute atomic E-state index is 13.7. The van der Waals surface area contributed by atoms with Gasteiger partial charge in [-0.25, -0.2) is 19.2 Å². The van der Waals surface area contributed by atoms with E-state index in [-0.39, 0.29) is 56.7 Å². The number of amides is 3. The third kappa shape index (κ3) is 8.33. The molecule has 0 saturated heterocycles. The summed E-state index contributed by atoms with van der Waals surface area (Å²) in [6.07, 6.45) is 3.64. The molecule has 13 heteroatoms. The number of hydrogen-bond donors (Lipinski definition) is 5. The molecule has 0 radical (unpaired) electrons. The second-order valence-corrected chi connectivity index (χ2v) is 10.0. The highest BCUT2D eigenvalue weighted by atomic mass is 19.1. The average molecular weight is 575 g/mol. The monoisotopic (exact) mass is 574 g/mol. The highest BCUT2D eigenvalue weighted by molar-refractivity contribution is 6.01. The predicted molar refractivity (Wildman–Crippen MR) is 149 cm³/mol. The molecule has 2 aromatic rings. The summed E-state index contributed by atoms with van der Waals surface area (Å²) in [6, 6.07) is 4.88. The summed E-state index contributed by atoms with van der Waals surface area (Å²) in [6.45, 7) is 1.21. The SMILES string of the molecule is C.COc1cc(CNC(=O)c2cc(C3=NOC(C4CCC(NC(=O)NC(CO)CO)CC4)C3)nc(C)n2)ccc1F. The van der Waals surface area contributed by atoms with Gasteiger partial charge in [0, 0.05) is 19.0 Å². The first-order valence-corrected chi connectivity index (χ1v) is 13.3. The van der Waals surface area contributed by atoms with Crippen molar-refractivity contribution < 1.29 is 33.8 Å². The fraction of sp³-hybridized carbons (Fsp3) is 0.536. The molecule has 1 aromatic heterocycles. The van der Waals surface area contributed by atoms with Crippen LogP contribution in [0.3, 0.4) is 0 Å². The molecule has 0 bridgehead atoms. The van der Waals surface area contributed by atoms with E-state index < -0.39 is 23.8 Å². The summed E-state index contributed by atoms with van der Waals surface area (Å²) in [5.74, 6) is -0.0969. The molecule has 2 heterocycles. The number of aliphatic hydroxyl groups excluding tert-OH is 2. The number of nitrogens with one attached hydrogen (secondary N) is 3. The lowest BCUT2D eigenvalue weighted by Gasteiger charge is -2.31. The molecule has 1 fully saturated rings. The zero-order chi connectivity index (χ0) is 28.6. The molecule has 0 spiro atoms. The topological polar surface area (TPSA) is 167 Å². The minimum absolute atomic E-state index is 0. The molecule has 1 saturated carbocycles. The molecule has 1 atom stereocenters. The van der Waals surface area contributed by atoms with Gasteiger partial charge in [-0.05, 0) is 62.3 Å². The van der Waals surface area contributed by atoms with Crippen LogP contribution >= 0.6 is 0 Å². The Hall–Kier alpha value is -3.84. The number of aliphatic hydroxyl groups is 2. The van der Waals surface area contributed by atoms with Crippen LogP contribution in [0.25, 0.3) is 0 Å². The standard InChI is InChI=1S/C27H35FN6O6.CH4/c1-15-30-21(10-23(31-15)26(37)29-12-16-3-8-20(28)25(9-16)39-2)22-11-24(40-34-22)17-4-6-18(7-5-17)32-27(38)33-19(13-35)14-36;/h3,8-10,17-19,24,35-36H,4-7,11-14H2,1-2H3,(H,29,37)(H2,32,33,38);1H4. The lowest BCUT2D eigenvalue weighted by Crippen LogP contribution is -2.49. The summed E-state index contributed by atoms with van der Waals surface area (Å²) in [5, 5.41) is 30.7. The summed E-state index contributed by atoms with van der Waals surface area (Å²) in [4.78, 5) is 39.4. The van der Waals surface area contributed by atoms with E-state index in [1.807, 2.05) is 0 Å². The van der Waals surface area contributed by atoms with E-state index in [9.17, 15) is 14.0 Å². The van der Waals surface area contributed by atoms with Crippen molar-refractivity contribution in [1.29, 1.82) is 0 Å². The van der Waals surface area contributed by atoms with Crippen LogP contribution in [0, 0.1) is 18.7 Å². The van der Waals surface area contributed by atoms with E-state index in [0.29, 0.717) is 29.2 Å². The Balaban J connectivity index is 0.00000462. The zero-order valence-corrected chi connectivity index (χ0v) is 22.5. The maximum Gasteiger partial charge on any atom is 0.315 e. The van der Waals surface area contributed by atoms with Crippen LogP contribution in [0.5, 0.6) is 5.75 Å². The Morgan fingerprint density at radius 2 is 1.88 bits per heavy atom. The molecule has 1 aliphatic carbocycles. The van der Waals surface area contributed by atoms with Crippen LogP contribution in [-0.4, -0.2) is 76.3 Å². The van der Waals surface area contributed by atoms with Gasteiger partial charge in [-0.1, -0.05) is 18.6 Å². The highest BCUT2D eigenvalue weighted by Gasteiger charge is 2.34. The predicted octanol–water partition coefficient (Wildman–Crippen LogP) is 2.20. The van der Waals surface area contributed by atoms with Gasteiger partial charge in [0.05, 0.1) is 32.1 Å². The number of carbonyl (C=O) groups is 2. The highest BCUT2D eigenvalue weighted by Crippen LogP contribution is 2.33. The second kappa shape index (κ2) is 14.7. The molecule has 3 amide bonds. The van der Waals surface area contributed by atoms with Gasteiger partial charge in [-0.2, -0.15) is 0 Å². The van der Waals surface area contributed by atoms with Crippen molar-refractivity contribution in [2.24, 2.45) is 11.1 Å². The van der Waals surface area contributed by atoms with Crippen LogP contribution in [0.1, 0.15) is 67.1 Å². The van der Waals surface area contributed by atoms with Crippen LogP contribution in [0.4, 0.5) is 9.18 Å². The number of hydrogen-bond acceptors (Lipinski definition) is 9. The average Bonchev–Trinajstić information content (AvgIpc) is 3.46. The van der Waals surface area contributed by atoms with E-state index in [4.69, 9.17) is 19.8 Å². The normalized spacial score (nSPS) is 20.0. The van der Waals surface area contributed by atoms with Crippen molar-refractivity contribution in [3.63, 3.8) is 0 Å². The first-order chi connectivity index (χ1) is 19.3. The summed E-state index contributed by atoms with van der Waals surface area (Å²) < 4.78 is 18.6. The molecule has 2 aliphatic rings. The van der Waals surface area contributed by atoms with Crippen LogP contribution in [0.15, 0.2) is 29.4 Å². The molecule has 5 N–H and O–H groups in total. The second-order valence-electron chi connectivity index (χ2n) is 10.0. The lowest BCUT2D eigenvalue weighted by atomic mass is 9.81. The number of benzene rings is 1. The molecule has 12 nitrogen and oxygen atoms in total. The Bertz CT molecular complexity index is 1230. The van der Waals surface area contributed by atoms with Gasteiger partial charge in [0.1, 0.15) is 23.3 Å². The Morgan fingerprint density at radius 3 is 2.56 bits per heavy atom. The van der Waals surface area contributed by atoms with Crippen LogP contribution in [-0.2, 0) is 11.4 Å². The van der Waals surface area contributed by atoms with Crippen molar-refractivity contribution in [2.75, 3.05) is 20.3 Å². The first kappa shape index (κ1) is 31.7. The van der Waals surface area contributed by atoms with Gasteiger partial charge in [0.15, 0.2) is 11.6 Å².